The Hall–Kier alpha value is -0.940. The van der Waals surface area contributed by atoms with Crippen molar-refractivity contribution < 1.29 is 4.79 Å². The van der Waals surface area contributed by atoms with Gasteiger partial charge in [0.25, 0.3) is 0 Å². The Labute approximate surface area is 125 Å². The maximum atomic E-state index is 12.1. The van der Waals surface area contributed by atoms with E-state index >= 15 is 0 Å². The molecule has 0 aliphatic heterocycles. The summed E-state index contributed by atoms with van der Waals surface area (Å²) in [6, 6.07) is 0. The van der Waals surface area contributed by atoms with Crippen LogP contribution in [0.1, 0.15) is 49.2 Å². The van der Waals surface area contributed by atoms with Crippen molar-refractivity contribution >= 4 is 17.2 Å². The van der Waals surface area contributed by atoms with Crippen molar-refractivity contribution in [2.75, 3.05) is 13.6 Å². The van der Waals surface area contributed by atoms with E-state index in [0.717, 1.165) is 30.0 Å². The highest BCUT2D eigenvalue weighted by Crippen LogP contribution is 2.30. The largest absolute Gasteiger partial charge is 0.356 e. The van der Waals surface area contributed by atoms with Crippen molar-refractivity contribution in [3.05, 3.63) is 16.1 Å². The molecule has 1 aliphatic carbocycles. The molecule has 0 radical (unpaired) electrons. The van der Waals surface area contributed by atoms with E-state index in [9.17, 15) is 4.79 Å². The van der Waals surface area contributed by atoms with Crippen LogP contribution in [0.3, 0.4) is 0 Å². The first-order chi connectivity index (χ1) is 9.63. The molecule has 1 amide bonds. The molecule has 2 rings (SSSR count). The molecule has 112 valence electrons. The molecule has 0 aromatic carbocycles. The van der Waals surface area contributed by atoms with Gasteiger partial charge in [0.2, 0.25) is 5.91 Å². The highest BCUT2D eigenvalue weighted by atomic mass is 32.1. The molecule has 1 aromatic rings. The smallest absolute Gasteiger partial charge is 0.221 e. The minimum atomic E-state index is 0.0279. The first kappa shape index (κ1) is 15.4. The fraction of sp³-hybridized carbons (Fsp3) is 0.733. The summed E-state index contributed by atoms with van der Waals surface area (Å²) in [5, 5.41) is 9.57. The maximum absolute atomic E-state index is 12.1. The van der Waals surface area contributed by atoms with Crippen molar-refractivity contribution in [2.24, 2.45) is 0 Å². The van der Waals surface area contributed by atoms with E-state index in [1.807, 2.05) is 14.0 Å². The SMILES string of the molecule is CNC1(CC(=O)NCCc2nc(C)cs2)CCCCC1. The second kappa shape index (κ2) is 7.18. The van der Waals surface area contributed by atoms with Crippen molar-refractivity contribution in [1.82, 2.24) is 15.6 Å². The number of hydrogen-bond donors (Lipinski definition) is 2. The molecule has 0 bridgehead atoms. The summed E-state index contributed by atoms with van der Waals surface area (Å²) in [6.45, 7) is 2.68. The van der Waals surface area contributed by atoms with Gasteiger partial charge in [-0.3, -0.25) is 4.79 Å². The summed E-state index contributed by atoms with van der Waals surface area (Å²) >= 11 is 1.67. The third kappa shape index (κ3) is 4.28. The number of aryl methyl sites for hydroxylation is 1. The molecular formula is C15H25N3OS. The minimum Gasteiger partial charge on any atom is -0.356 e. The van der Waals surface area contributed by atoms with Crippen molar-refractivity contribution in [1.29, 1.82) is 0 Å². The molecule has 1 aromatic heterocycles. The zero-order valence-electron chi connectivity index (χ0n) is 12.5. The van der Waals surface area contributed by atoms with E-state index in [-0.39, 0.29) is 11.4 Å². The van der Waals surface area contributed by atoms with Gasteiger partial charge in [-0.1, -0.05) is 19.3 Å². The second-order valence-electron chi connectivity index (χ2n) is 5.75. The predicted octanol–water partition coefficient (Wildman–Crippen LogP) is 2.42. The van der Waals surface area contributed by atoms with E-state index in [1.54, 1.807) is 11.3 Å². The monoisotopic (exact) mass is 295 g/mol. The van der Waals surface area contributed by atoms with Crippen LogP contribution in [0.2, 0.25) is 0 Å². The van der Waals surface area contributed by atoms with Gasteiger partial charge in [0.05, 0.1) is 5.01 Å². The molecule has 2 N–H and O–H groups in total. The number of nitrogens with zero attached hydrogens (tertiary/aromatic N) is 1. The number of thiazole rings is 1. The summed E-state index contributed by atoms with van der Waals surface area (Å²) in [6.07, 6.45) is 7.41. The quantitative estimate of drug-likeness (QED) is 0.847. The third-order valence-corrected chi connectivity index (χ3v) is 5.19. The van der Waals surface area contributed by atoms with E-state index in [2.05, 4.69) is 21.0 Å². The van der Waals surface area contributed by atoms with Crippen LogP contribution in [0.5, 0.6) is 0 Å². The van der Waals surface area contributed by atoms with Crippen LogP contribution in [0.15, 0.2) is 5.38 Å². The molecular weight excluding hydrogens is 270 g/mol. The lowest BCUT2D eigenvalue weighted by Gasteiger charge is -2.36. The molecule has 1 heterocycles. The number of nitrogens with one attached hydrogen (secondary N) is 2. The molecule has 0 saturated heterocycles. The Balaban J connectivity index is 1.74. The molecule has 5 heteroatoms. The van der Waals surface area contributed by atoms with Gasteiger partial charge in [-0.05, 0) is 26.8 Å². The molecule has 0 spiro atoms. The average molecular weight is 295 g/mol. The van der Waals surface area contributed by atoms with E-state index in [4.69, 9.17) is 0 Å². The van der Waals surface area contributed by atoms with Gasteiger partial charge < -0.3 is 10.6 Å². The molecule has 0 unspecified atom stereocenters. The summed E-state index contributed by atoms with van der Waals surface area (Å²) in [7, 11) is 1.98. The van der Waals surface area contributed by atoms with E-state index in [1.165, 1.54) is 19.3 Å². The van der Waals surface area contributed by atoms with Gasteiger partial charge in [-0.2, -0.15) is 0 Å². The number of aromatic nitrogens is 1. The Bertz CT molecular complexity index is 438. The van der Waals surface area contributed by atoms with Crippen LogP contribution in [0.4, 0.5) is 0 Å². The minimum absolute atomic E-state index is 0.0279. The highest BCUT2D eigenvalue weighted by molar-refractivity contribution is 7.09. The van der Waals surface area contributed by atoms with Crippen molar-refractivity contribution in [3.8, 4) is 0 Å². The zero-order valence-corrected chi connectivity index (χ0v) is 13.3. The number of carbonyl (C=O) groups is 1. The Morgan fingerprint density at radius 3 is 2.75 bits per heavy atom. The molecule has 1 saturated carbocycles. The molecule has 4 nitrogen and oxygen atoms in total. The normalized spacial score (nSPS) is 17.9. The van der Waals surface area contributed by atoms with Crippen LogP contribution in [0, 0.1) is 6.92 Å². The van der Waals surface area contributed by atoms with Crippen LogP contribution in [-0.2, 0) is 11.2 Å². The summed E-state index contributed by atoms with van der Waals surface area (Å²) < 4.78 is 0. The van der Waals surface area contributed by atoms with Gasteiger partial charge in [0.15, 0.2) is 0 Å². The Morgan fingerprint density at radius 1 is 1.40 bits per heavy atom. The summed E-state index contributed by atoms with van der Waals surface area (Å²) in [4.78, 5) is 16.5. The van der Waals surface area contributed by atoms with Gasteiger partial charge in [-0.25, -0.2) is 4.98 Å². The third-order valence-electron chi connectivity index (χ3n) is 4.17. The first-order valence-corrected chi connectivity index (χ1v) is 8.38. The summed E-state index contributed by atoms with van der Waals surface area (Å²) in [5.41, 5.74) is 1.09. The molecule has 0 atom stereocenters. The van der Waals surface area contributed by atoms with Crippen LogP contribution in [0.25, 0.3) is 0 Å². The van der Waals surface area contributed by atoms with Crippen LogP contribution in [-0.4, -0.2) is 30.0 Å². The van der Waals surface area contributed by atoms with Gasteiger partial charge in [-0.15, -0.1) is 11.3 Å². The second-order valence-corrected chi connectivity index (χ2v) is 6.69. The standard InChI is InChI=1S/C15H25N3OS/c1-12-11-20-14(18-12)6-9-17-13(19)10-15(16-2)7-4-3-5-8-15/h11,16H,3-10H2,1-2H3,(H,17,19). The molecule has 1 fully saturated rings. The zero-order chi connectivity index (χ0) is 14.4. The lowest BCUT2D eigenvalue weighted by atomic mass is 9.79. The fourth-order valence-corrected chi connectivity index (χ4v) is 3.72. The summed E-state index contributed by atoms with van der Waals surface area (Å²) in [5.74, 6) is 0.162. The molecule has 1 aliphatic rings. The lowest BCUT2D eigenvalue weighted by molar-refractivity contribution is -0.122. The van der Waals surface area contributed by atoms with Gasteiger partial charge in [0, 0.05) is 36.0 Å². The van der Waals surface area contributed by atoms with Crippen molar-refractivity contribution in [3.63, 3.8) is 0 Å². The number of hydrogen-bond acceptors (Lipinski definition) is 4. The number of amides is 1. The van der Waals surface area contributed by atoms with Crippen molar-refractivity contribution in [2.45, 2.75) is 57.4 Å². The number of carbonyl (C=O) groups excluding carboxylic acids is 1. The highest BCUT2D eigenvalue weighted by Gasteiger charge is 2.32. The topological polar surface area (TPSA) is 54.0 Å². The Kier molecular flexibility index (Phi) is 5.54. The lowest BCUT2D eigenvalue weighted by Crippen LogP contribution is -2.48. The predicted molar refractivity (Wildman–Crippen MR) is 83.1 cm³/mol. The first-order valence-electron chi connectivity index (χ1n) is 7.50. The fourth-order valence-electron chi connectivity index (χ4n) is 2.94. The van der Waals surface area contributed by atoms with E-state index < -0.39 is 0 Å². The maximum Gasteiger partial charge on any atom is 0.221 e. The van der Waals surface area contributed by atoms with Gasteiger partial charge >= 0.3 is 0 Å². The van der Waals surface area contributed by atoms with Crippen LogP contribution < -0.4 is 10.6 Å². The number of rotatable bonds is 6. The van der Waals surface area contributed by atoms with E-state index in [0.29, 0.717) is 13.0 Å². The van der Waals surface area contributed by atoms with Gasteiger partial charge in [0.1, 0.15) is 0 Å². The molecule has 20 heavy (non-hydrogen) atoms. The average Bonchev–Trinajstić information content (AvgIpc) is 2.85. The Morgan fingerprint density at radius 2 is 2.15 bits per heavy atom. The van der Waals surface area contributed by atoms with Crippen LogP contribution >= 0.6 is 11.3 Å².